The van der Waals surface area contributed by atoms with Crippen molar-refractivity contribution in [1.29, 1.82) is 0 Å². The van der Waals surface area contributed by atoms with Gasteiger partial charge >= 0.3 is 6.09 Å². The van der Waals surface area contributed by atoms with Crippen LogP contribution in [-0.2, 0) is 17.6 Å². The number of hydrogen-bond donors (Lipinski definition) is 2. The zero-order chi connectivity index (χ0) is 13.6. The molecule has 4 heteroatoms. The molecule has 0 atom stereocenters. The van der Waals surface area contributed by atoms with E-state index in [1.54, 1.807) is 0 Å². The average Bonchev–Trinajstić information content (AvgIpc) is 2.27. The lowest BCUT2D eigenvalue weighted by molar-refractivity contribution is 0.0394. The molecule has 3 N–H and O–H groups in total. The first-order chi connectivity index (χ1) is 8.43. The molecular formula is C14H21NO3. The van der Waals surface area contributed by atoms with E-state index in [0.29, 0.717) is 6.42 Å². The van der Waals surface area contributed by atoms with Crippen molar-refractivity contribution in [3.8, 4) is 0 Å². The van der Waals surface area contributed by atoms with E-state index in [9.17, 15) is 4.79 Å². The van der Waals surface area contributed by atoms with Gasteiger partial charge in [-0.05, 0) is 44.2 Å². The molecule has 0 aliphatic carbocycles. The number of aliphatic hydroxyl groups is 1. The molecule has 0 saturated heterocycles. The van der Waals surface area contributed by atoms with Crippen LogP contribution in [0, 0.1) is 0 Å². The van der Waals surface area contributed by atoms with Crippen molar-refractivity contribution in [3.63, 3.8) is 0 Å². The molecule has 0 bridgehead atoms. The summed E-state index contributed by atoms with van der Waals surface area (Å²) < 4.78 is 5.03. The number of carbonyl (C=O) groups excluding carboxylic acids is 1. The van der Waals surface area contributed by atoms with Crippen LogP contribution in [0.4, 0.5) is 4.79 Å². The molecule has 1 amide bonds. The summed E-state index contributed by atoms with van der Waals surface area (Å²) in [5.74, 6) is 0. The maximum atomic E-state index is 10.7. The second-order valence-corrected chi connectivity index (χ2v) is 4.97. The number of hydrogen-bond acceptors (Lipinski definition) is 3. The fourth-order valence-corrected chi connectivity index (χ4v) is 1.77. The lowest BCUT2D eigenvalue weighted by atomic mass is 9.97. The Morgan fingerprint density at radius 2 is 1.72 bits per heavy atom. The van der Waals surface area contributed by atoms with Crippen LogP contribution in [0.25, 0.3) is 0 Å². The second kappa shape index (κ2) is 6.40. The van der Waals surface area contributed by atoms with Crippen molar-refractivity contribution in [2.75, 3.05) is 6.61 Å². The first-order valence-corrected chi connectivity index (χ1v) is 6.10. The summed E-state index contributed by atoms with van der Waals surface area (Å²) in [4.78, 5) is 10.7. The van der Waals surface area contributed by atoms with E-state index in [2.05, 4.69) is 0 Å². The predicted octanol–water partition coefficient (Wildman–Crippen LogP) is 2.03. The zero-order valence-electron chi connectivity index (χ0n) is 11.0. The van der Waals surface area contributed by atoms with E-state index in [1.807, 2.05) is 38.1 Å². The van der Waals surface area contributed by atoms with Crippen LogP contribution in [-0.4, -0.2) is 23.4 Å². The minimum Gasteiger partial charge on any atom is -0.444 e. The van der Waals surface area contributed by atoms with Crippen LogP contribution in [0.5, 0.6) is 0 Å². The minimum atomic E-state index is -0.738. The summed E-state index contributed by atoms with van der Waals surface area (Å²) in [5.41, 5.74) is 6.77. The zero-order valence-corrected chi connectivity index (χ0v) is 11.0. The van der Waals surface area contributed by atoms with E-state index in [-0.39, 0.29) is 6.61 Å². The fourth-order valence-electron chi connectivity index (χ4n) is 1.77. The van der Waals surface area contributed by atoms with Crippen LogP contribution in [0.1, 0.15) is 31.4 Å². The Bertz CT molecular complexity index is 385. The van der Waals surface area contributed by atoms with Crippen LogP contribution >= 0.6 is 0 Å². The molecule has 18 heavy (non-hydrogen) atoms. The van der Waals surface area contributed by atoms with Crippen molar-refractivity contribution in [1.82, 2.24) is 0 Å². The van der Waals surface area contributed by atoms with Crippen molar-refractivity contribution in [3.05, 3.63) is 35.4 Å². The van der Waals surface area contributed by atoms with E-state index in [1.165, 1.54) is 5.56 Å². The lowest BCUT2D eigenvalue weighted by Gasteiger charge is -2.23. The average molecular weight is 251 g/mol. The number of amides is 1. The number of nitrogens with two attached hydrogens (primary N) is 1. The fraction of sp³-hybridized carbons (Fsp3) is 0.500. The molecule has 0 aromatic heterocycles. The molecule has 4 nitrogen and oxygen atoms in total. The van der Waals surface area contributed by atoms with Crippen LogP contribution in [0.2, 0.25) is 0 Å². The smallest absolute Gasteiger partial charge is 0.405 e. The van der Waals surface area contributed by atoms with Gasteiger partial charge in [-0.1, -0.05) is 24.3 Å². The van der Waals surface area contributed by atoms with Crippen molar-refractivity contribution < 1.29 is 14.6 Å². The number of benzene rings is 1. The van der Waals surface area contributed by atoms with Gasteiger partial charge in [0.05, 0.1) is 0 Å². The number of aliphatic hydroxyl groups excluding tert-OH is 1. The van der Waals surface area contributed by atoms with Crippen LogP contribution < -0.4 is 5.73 Å². The normalized spacial score (nSPS) is 11.3. The second-order valence-electron chi connectivity index (χ2n) is 4.97. The third-order valence-electron chi connectivity index (χ3n) is 2.82. The summed E-state index contributed by atoms with van der Waals surface area (Å²) >= 11 is 0. The molecule has 0 aliphatic rings. The summed E-state index contributed by atoms with van der Waals surface area (Å²) in [5, 5.41) is 8.82. The molecule has 1 aromatic carbocycles. The Morgan fingerprint density at radius 1 is 1.22 bits per heavy atom. The Morgan fingerprint density at radius 3 is 2.17 bits per heavy atom. The van der Waals surface area contributed by atoms with E-state index in [0.717, 1.165) is 18.4 Å². The van der Waals surface area contributed by atoms with Gasteiger partial charge in [0.2, 0.25) is 0 Å². The summed E-state index contributed by atoms with van der Waals surface area (Å²) in [6.07, 6.45) is 1.48. The van der Waals surface area contributed by atoms with Gasteiger partial charge in [-0.3, -0.25) is 0 Å². The highest BCUT2D eigenvalue weighted by Crippen LogP contribution is 2.18. The molecule has 0 heterocycles. The van der Waals surface area contributed by atoms with Crippen molar-refractivity contribution in [2.45, 2.75) is 38.7 Å². The third kappa shape index (κ3) is 5.19. The predicted molar refractivity (Wildman–Crippen MR) is 70.3 cm³/mol. The third-order valence-corrected chi connectivity index (χ3v) is 2.82. The Balaban J connectivity index is 2.50. The summed E-state index contributed by atoms with van der Waals surface area (Å²) in [6.45, 7) is 3.86. The maximum Gasteiger partial charge on any atom is 0.405 e. The molecule has 0 radical (unpaired) electrons. The largest absolute Gasteiger partial charge is 0.444 e. The van der Waals surface area contributed by atoms with Crippen molar-refractivity contribution in [2.24, 2.45) is 5.73 Å². The quantitative estimate of drug-likeness (QED) is 0.812. The van der Waals surface area contributed by atoms with Gasteiger partial charge in [-0.2, -0.15) is 0 Å². The highest BCUT2D eigenvalue weighted by atomic mass is 16.6. The van der Waals surface area contributed by atoms with E-state index >= 15 is 0 Å². The number of rotatable bonds is 6. The van der Waals surface area contributed by atoms with Gasteiger partial charge in [0.15, 0.2) is 0 Å². The Kier molecular flexibility index (Phi) is 5.16. The molecule has 0 fully saturated rings. The molecule has 1 rings (SSSR count). The van der Waals surface area contributed by atoms with Gasteiger partial charge in [0.1, 0.15) is 5.60 Å². The topological polar surface area (TPSA) is 72.6 Å². The van der Waals surface area contributed by atoms with Crippen LogP contribution in [0.15, 0.2) is 24.3 Å². The monoisotopic (exact) mass is 251 g/mol. The first kappa shape index (κ1) is 14.5. The molecule has 1 aromatic rings. The van der Waals surface area contributed by atoms with Gasteiger partial charge in [-0.25, -0.2) is 4.79 Å². The standard InChI is InChI=1S/C14H21NO3/c1-14(2,18-13(15)17)9-7-11-3-5-12(6-4-11)8-10-16/h3-6,16H,7-10H2,1-2H3,(H2,15,17). The Hall–Kier alpha value is -1.55. The number of carbonyl (C=O) groups is 1. The number of aryl methyl sites for hydroxylation is 1. The van der Waals surface area contributed by atoms with Gasteiger partial charge < -0.3 is 15.6 Å². The summed E-state index contributed by atoms with van der Waals surface area (Å²) in [6, 6.07) is 8.08. The van der Waals surface area contributed by atoms with E-state index in [4.69, 9.17) is 15.6 Å². The van der Waals surface area contributed by atoms with Gasteiger partial charge in [-0.15, -0.1) is 0 Å². The molecule has 0 spiro atoms. The molecule has 0 saturated carbocycles. The molecule has 100 valence electrons. The number of primary amides is 1. The molecular weight excluding hydrogens is 230 g/mol. The molecule has 0 unspecified atom stereocenters. The lowest BCUT2D eigenvalue weighted by Crippen LogP contribution is -2.31. The number of ether oxygens (including phenoxy) is 1. The van der Waals surface area contributed by atoms with Gasteiger partial charge in [0, 0.05) is 6.61 Å². The molecule has 0 aliphatic heterocycles. The van der Waals surface area contributed by atoms with Gasteiger partial charge in [0.25, 0.3) is 0 Å². The SMILES string of the molecule is CC(C)(CCc1ccc(CCO)cc1)OC(N)=O. The highest BCUT2D eigenvalue weighted by Gasteiger charge is 2.21. The van der Waals surface area contributed by atoms with Crippen molar-refractivity contribution >= 4 is 6.09 Å². The maximum absolute atomic E-state index is 10.7. The summed E-state index contributed by atoms with van der Waals surface area (Å²) in [7, 11) is 0. The first-order valence-electron chi connectivity index (χ1n) is 6.10. The van der Waals surface area contributed by atoms with Crippen LogP contribution in [0.3, 0.4) is 0 Å². The van der Waals surface area contributed by atoms with E-state index < -0.39 is 11.7 Å². The Labute approximate surface area is 108 Å². The highest BCUT2D eigenvalue weighted by molar-refractivity contribution is 5.65. The minimum absolute atomic E-state index is 0.166.